The van der Waals surface area contributed by atoms with Crippen molar-refractivity contribution in [3.05, 3.63) is 132 Å². The Balaban J connectivity index is 1.76. The summed E-state index contributed by atoms with van der Waals surface area (Å²) in [6.07, 6.45) is 2.36. The van der Waals surface area contributed by atoms with Gasteiger partial charge in [0.25, 0.3) is 0 Å². The highest BCUT2D eigenvalue weighted by atomic mass is 31.2. The van der Waals surface area contributed by atoms with Crippen LogP contribution in [0.3, 0.4) is 0 Å². The van der Waals surface area contributed by atoms with E-state index in [9.17, 15) is 5.11 Å². The van der Waals surface area contributed by atoms with Crippen LogP contribution in [0.2, 0.25) is 0 Å². The fourth-order valence-electron chi connectivity index (χ4n) is 4.94. The Morgan fingerprint density at radius 3 is 1.73 bits per heavy atom. The van der Waals surface area contributed by atoms with E-state index >= 15 is 4.57 Å². The molecule has 4 heteroatoms. The standard InChI is InChI=1S/C33H37O3P/c1-2-3-20-29(36-26-27-16-8-4-9-17-27)25-32(33(34)28-18-10-5-11-19-28)37(35,30-21-12-6-13-22-30)31-23-14-7-15-24-31/h4-19,21-24,29,32-34H,2-3,20,25-26H2,1H3/t29-,32+,33+/m1/s1. The topological polar surface area (TPSA) is 46.5 Å². The van der Waals surface area contributed by atoms with E-state index in [-0.39, 0.29) is 6.10 Å². The maximum Gasteiger partial charge on any atom is 0.149 e. The molecule has 0 saturated heterocycles. The van der Waals surface area contributed by atoms with Gasteiger partial charge in [-0.1, -0.05) is 141 Å². The van der Waals surface area contributed by atoms with Crippen molar-refractivity contribution in [2.75, 3.05) is 0 Å². The third-order valence-electron chi connectivity index (χ3n) is 6.96. The van der Waals surface area contributed by atoms with Crippen molar-refractivity contribution in [3.63, 3.8) is 0 Å². The number of rotatable bonds is 13. The first-order valence-corrected chi connectivity index (χ1v) is 15.0. The molecule has 3 nitrogen and oxygen atoms in total. The Kier molecular flexibility index (Phi) is 9.91. The second-order valence-electron chi connectivity index (χ2n) is 9.55. The Hall–Kier alpha value is -2.97. The summed E-state index contributed by atoms with van der Waals surface area (Å²) in [4.78, 5) is 0. The molecule has 0 saturated carbocycles. The largest absolute Gasteiger partial charge is 0.388 e. The minimum atomic E-state index is -3.27. The van der Waals surface area contributed by atoms with Crippen LogP contribution in [-0.4, -0.2) is 16.9 Å². The number of ether oxygens (including phenoxy) is 1. The molecule has 0 unspecified atom stereocenters. The molecule has 37 heavy (non-hydrogen) atoms. The van der Waals surface area contributed by atoms with Crippen molar-refractivity contribution in [2.24, 2.45) is 0 Å². The molecule has 0 aliphatic rings. The zero-order chi connectivity index (χ0) is 25.9. The molecule has 0 heterocycles. The third kappa shape index (κ3) is 6.87. The van der Waals surface area contributed by atoms with Gasteiger partial charge in [-0.3, -0.25) is 0 Å². The maximum absolute atomic E-state index is 15.4. The van der Waals surface area contributed by atoms with E-state index in [1.54, 1.807) is 0 Å². The summed E-state index contributed by atoms with van der Waals surface area (Å²) in [6.45, 7) is 2.66. The summed E-state index contributed by atoms with van der Waals surface area (Å²) in [7, 11) is -3.27. The average molecular weight is 513 g/mol. The fraction of sp³-hybridized carbons (Fsp3) is 0.273. The molecule has 0 aliphatic heterocycles. The van der Waals surface area contributed by atoms with E-state index in [1.165, 1.54) is 0 Å². The van der Waals surface area contributed by atoms with Crippen LogP contribution < -0.4 is 10.6 Å². The van der Waals surface area contributed by atoms with Gasteiger partial charge in [-0.05, 0) is 24.0 Å². The quantitative estimate of drug-likeness (QED) is 0.192. The molecule has 4 rings (SSSR count). The summed E-state index contributed by atoms with van der Waals surface area (Å²) < 4.78 is 21.9. The van der Waals surface area contributed by atoms with Crippen LogP contribution in [0.5, 0.6) is 0 Å². The van der Waals surface area contributed by atoms with E-state index in [0.29, 0.717) is 13.0 Å². The van der Waals surface area contributed by atoms with Gasteiger partial charge in [-0.25, -0.2) is 0 Å². The van der Waals surface area contributed by atoms with Crippen molar-refractivity contribution >= 4 is 17.8 Å². The first kappa shape index (κ1) is 27.1. The lowest BCUT2D eigenvalue weighted by molar-refractivity contribution is 0.0185. The van der Waals surface area contributed by atoms with E-state index < -0.39 is 18.9 Å². The molecule has 4 aromatic rings. The number of aliphatic hydroxyl groups excluding tert-OH is 1. The molecule has 1 N–H and O–H groups in total. The van der Waals surface area contributed by atoms with Crippen LogP contribution in [0.1, 0.15) is 49.8 Å². The van der Waals surface area contributed by atoms with Crippen molar-refractivity contribution in [3.8, 4) is 0 Å². The zero-order valence-corrected chi connectivity index (χ0v) is 22.4. The Morgan fingerprint density at radius 2 is 1.22 bits per heavy atom. The van der Waals surface area contributed by atoms with Gasteiger partial charge in [0.05, 0.1) is 24.5 Å². The highest BCUT2D eigenvalue weighted by Crippen LogP contribution is 2.55. The molecular formula is C33H37O3P. The molecule has 4 aromatic carbocycles. The van der Waals surface area contributed by atoms with Gasteiger partial charge in [-0.2, -0.15) is 0 Å². The zero-order valence-electron chi connectivity index (χ0n) is 21.5. The predicted molar refractivity (Wildman–Crippen MR) is 154 cm³/mol. The maximum atomic E-state index is 15.4. The van der Waals surface area contributed by atoms with Gasteiger partial charge in [0.15, 0.2) is 0 Å². The number of unbranched alkanes of at least 4 members (excludes halogenated alkanes) is 1. The van der Waals surface area contributed by atoms with Gasteiger partial charge in [-0.15, -0.1) is 0 Å². The molecule has 0 amide bonds. The number of aliphatic hydroxyl groups is 1. The summed E-state index contributed by atoms with van der Waals surface area (Å²) in [5, 5.41) is 13.4. The van der Waals surface area contributed by atoms with Gasteiger partial charge in [0.2, 0.25) is 0 Å². The summed E-state index contributed by atoms with van der Waals surface area (Å²) in [5.74, 6) is 0. The minimum Gasteiger partial charge on any atom is -0.388 e. The van der Waals surface area contributed by atoms with Crippen LogP contribution in [-0.2, 0) is 15.9 Å². The summed E-state index contributed by atoms with van der Waals surface area (Å²) in [5.41, 5.74) is 1.34. The van der Waals surface area contributed by atoms with Gasteiger partial charge < -0.3 is 14.4 Å². The first-order chi connectivity index (χ1) is 18.1. The molecule has 192 valence electrons. The lowest BCUT2D eigenvalue weighted by atomic mass is 9.99. The first-order valence-electron chi connectivity index (χ1n) is 13.2. The van der Waals surface area contributed by atoms with Gasteiger partial charge >= 0.3 is 0 Å². The minimum absolute atomic E-state index is 0.135. The van der Waals surface area contributed by atoms with Crippen LogP contribution >= 0.6 is 7.14 Å². The van der Waals surface area contributed by atoms with Gasteiger partial charge in [0.1, 0.15) is 7.14 Å². The lowest BCUT2D eigenvalue weighted by Crippen LogP contribution is -2.34. The summed E-state index contributed by atoms with van der Waals surface area (Å²) >= 11 is 0. The van der Waals surface area contributed by atoms with Crippen LogP contribution in [0, 0.1) is 0 Å². The van der Waals surface area contributed by atoms with E-state index in [2.05, 4.69) is 19.1 Å². The van der Waals surface area contributed by atoms with Crippen LogP contribution in [0.4, 0.5) is 0 Å². The van der Waals surface area contributed by atoms with Crippen molar-refractivity contribution < 1.29 is 14.4 Å². The average Bonchev–Trinajstić information content (AvgIpc) is 2.98. The number of hydrogen-bond donors (Lipinski definition) is 1. The van der Waals surface area contributed by atoms with Crippen LogP contribution in [0.25, 0.3) is 0 Å². The van der Waals surface area contributed by atoms with Crippen molar-refractivity contribution in [1.29, 1.82) is 0 Å². The molecule has 0 radical (unpaired) electrons. The molecule has 0 spiro atoms. The molecule has 0 aromatic heterocycles. The summed E-state index contributed by atoms with van der Waals surface area (Å²) in [6, 6.07) is 39.1. The Morgan fingerprint density at radius 1 is 0.730 bits per heavy atom. The fourth-order valence-corrected chi connectivity index (χ4v) is 8.33. The molecular weight excluding hydrogens is 475 g/mol. The second-order valence-corrected chi connectivity index (χ2v) is 12.6. The van der Waals surface area contributed by atoms with E-state index in [0.717, 1.165) is 41.0 Å². The monoisotopic (exact) mass is 512 g/mol. The SMILES string of the molecule is CCCC[C@H](C[C@@H]([C@@H](O)c1ccccc1)P(=O)(c1ccccc1)c1ccccc1)OCc1ccccc1. The van der Waals surface area contributed by atoms with Gasteiger partial charge in [0, 0.05) is 10.6 Å². The molecule has 0 aliphatic carbocycles. The van der Waals surface area contributed by atoms with Crippen molar-refractivity contribution in [1.82, 2.24) is 0 Å². The third-order valence-corrected chi connectivity index (χ3v) is 10.5. The molecule has 0 bridgehead atoms. The van der Waals surface area contributed by atoms with Crippen LogP contribution in [0.15, 0.2) is 121 Å². The van der Waals surface area contributed by atoms with Crippen molar-refractivity contribution in [2.45, 2.75) is 57.1 Å². The van der Waals surface area contributed by atoms with E-state index in [1.807, 2.05) is 109 Å². The highest BCUT2D eigenvalue weighted by molar-refractivity contribution is 7.79. The predicted octanol–water partition coefficient (Wildman–Crippen LogP) is 7.27. The Labute approximate surface area is 221 Å². The molecule has 3 atom stereocenters. The number of benzene rings is 4. The molecule has 0 fully saturated rings. The highest BCUT2D eigenvalue weighted by Gasteiger charge is 2.42. The normalized spacial score (nSPS) is 14.1. The van der Waals surface area contributed by atoms with E-state index in [4.69, 9.17) is 4.74 Å². The Bertz CT molecular complexity index is 1190. The second kappa shape index (κ2) is 13.5. The number of hydrogen-bond acceptors (Lipinski definition) is 3. The lowest BCUT2D eigenvalue weighted by Gasteiger charge is -2.35. The smallest absolute Gasteiger partial charge is 0.149 e.